The van der Waals surface area contributed by atoms with Crippen LogP contribution in [0.5, 0.6) is 0 Å². The van der Waals surface area contributed by atoms with Crippen LogP contribution < -0.4 is 0 Å². The molecule has 2 heteroatoms. The quantitative estimate of drug-likeness (QED) is 0.198. The summed E-state index contributed by atoms with van der Waals surface area (Å²) in [5.74, 6) is 0. The van der Waals surface area contributed by atoms with Gasteiger partial charge in [0.15, 0.2) is 0 Å². The molecule has 39 heavy (non-hydrogen) atoms. The highest BCUT2D eigenvalue weighted by molar-refractivity contribution is 7.26. The first-order valence-electron chi connectivity index (χ1n) is 13.6. The minimum Gasteiger partial charge on any atom is -0.135 e. The van der Waals surface area contributed by atoms with Crippen LogP contribution in [0.25, 0.3) is 84.5 Å². The molecule has 0 radical (unpaired) electrons. The van der Waals surface area contributed by atoms with E-state index in [9.17, 15) is 0 Å². The van der Waals surface area contributed by atoms with Crippen LogP contribution in [0.4, 0.5) is 0 Å². The van der Waals surface area contributed by atoms with Crippen molar-refractivity contribution in [2.45, 2.75) is 19.3 Å². The second-order valence-electron chi connectivity index (χ2n) is 11.7. The van der Waals surface area contributed by atoms with Crippen molar-refractivity contribution in [3.63, 3.8) is 0 Å². The van der Waals surface area contributed by atoms with Crippen molar-refractivity contribution in [2.24, 2.45) is 0 Å². The lowest BCUT2D eigenvalue weighted by atomic mass is 9.79. The van der Waals surface area contributed by atoms with Gasteiger partial charge >= 0.3 is 0 Å². The zero-order valence-electron chi connectivity index (χ0n) is 21.6. The largest absolute Gasteiger partial charge is 0.135 e. The van der Waals surface area contributed by atoms with Crippen molar-refractivity contribution in [1.29, 1.82) is 0 Å². The van der Waals surface area contributed by atoms with Gasteiger partial charge in [0.05, 0.1) is 0 Å². The summed E-state index contributed by atoms with van der Waals surface area (Å²) in [6.45, 7) is 4.84. The lowest BCUT2D eigenvalue weighted by molar-refractivity contribution is 0.661. The van der Waals surface area contributed by atoms with Crippen molar-refractivity contribution < 1.29 is 0 Å². The van der Waals surface area contributed by atoms with Gasteiger partial charge < -0.3 is 0 Å². The van der Waals surface area contributed by atoms with Gasteiger partial charge in [-0.15, -0.1) is 22.7 Å². The Labute approximate surface area is 233 Å². The van der Waals surface area contributed by atoms with Crippen LogP contribution in [-0.4, -0.2) is 0 Å². The summed E-state index contributed by atoms with van der Waals surface area (Å²) in [6, 6.07) is 37.1. The molecule has 0 spiro atoms. The predicted molar refractivity (Wildman–Crippen MR) is 172 cm³/mol. The van der Waals surface area contributed by atoms with Crippen LogP contribution >= 0.6 is 22.7 Å². The number of hydrogen-bond acceptors (Lipinski definition) is 2. The Morgan fingerprint density at radius 2 is 1.21 bits per heavy atom. The first-order valence-corrected chi connectivity index (χ1v) is 15.2. The van der Waals surface area contributed by atoms with Gasteiger partial charge in [0.2, 0.25) is 0 Å². The summed E-state index contributed by atoms with van der Waals surface area (Å²) >= 11 is 3.83. The smallest absolute Gasteiger partial charge is 0.0362 e. The molecule has 6 aromatic carbocycles. The average Bonchev–Trinajstić information content (AvgIpc) is 3.57. The van der Waals surface area contributed by atoms with E-state index >= 15 is 0 Å². The fraction of sp³-hybridized carbons (Fsp3) is 0.0811. The highest BCUT2D eigenvalue weighted by atomic mass is 32.1. The predicted octanol–water partition coefficient (Wildman–Crippen LogP) is 11.5. The van der Waals surface area contributed by atoms with Gasteiger partial charge in [-0.25, -0.2) is 0 Å². The molecule has 0 nitrogen and oxygen atoms in total. The molecule has 2 heterocycles. The summed E-state index contributed by atoms with van der Waals surface area (Å²) in [4.78, 5) is 0. The van der Waals surface area contributed by atoms with Gasteiger partial charge in [-0.2, -0.15) is 0 Å². The van der Waals surface area contributed by atoms with Crippen molar-refractivity contribution in [2.75, 3.05) is 0 Å². The second kappa shape index (κ2) is 6.77. The fourth-order valence-electron chi connectivity index (χ4n) is 7.64. The SMILES string of the molecule is CC1(C)c2cccc3c2-c2c1cc(-c1ccc4sc5ccccc5c4c1)c1ccc4sc5cccc-3c5c4c21. The molecule has 2 aliphatic rings. The molecule has 182 valence electrons. The molecule has 2 aromatic heterocycles. The summed E-state index contributed by atoms with van der Waals surface area (Å²) < 4.78 is 5.49. The van der Waals surface area contributed by atoms with Crippen molar-refractivity contribution >= 4 is 73.8 Å². The molecule has 0 unspecified atom stereocenters. The zero-order chi connectivity index (χ0) is 25.6. The molecular formula is C37H22S2. The Balaban J connectivity index is 1.44. The molecule has 0 saturated heterocycles. The van der Waals surface area contributed by atoms with E-state index in [1.165, 1.54) is 95.6 Å². The third kappa shape index (κ3) is 2.38. The van der Waals surface area contributed by atoms with Gasteiger partial charge in [0, 0.05) is 45.8 Å². The lowest BCUT2D eigenvalue weighted by Gasteiger charge is -2.23. The van der Waals surface area contributed by atoms with Gasteiger partial charge in [-0.1, -0.05) is 74.5 Å². The van der Waals surface area contributed by atoms with Crippen LogP contribution in [0.2, 0.25) is 0 Å². The average molecular weight is 531 g/mol. The number of benzene rings is 6. The summed E-state index contributed by atoms with van der Waals surface area (Å²) in [5, 5.41) is 8.42. The molecule has 0 saturated carbocycles. The summed E-state index contributed by atoms with van der Waals surface area (Å²) in [7, 11) is 0. The Morgan fingerprint density at radius 3 is 2.15 bits per heavy atom. The maximum atomic E-state index is 2.53. The minimum atomic E-state index is -0.0631. The molecule has 0 aliphatic heterocycles. The fourth-order valence-corrected chi connectivity index (χ4v) is 9.87. The Hall–Kier alpha value is -3.98. The Bertz CT molecular complexity index is 2410. The number of thiophene rings is 2. The topological polar surface area (TPSA) is 0 Å². The first-order chi connectivity index (χ1) is 19.1. The van der Waals surface area contributed by atoms with Gasteiger partial charge in [-0.05, 0) is 91.7 Å². The zero-order valence-corrected chi connectivity index (χ0v) is 23.2. The molecule has 8 aromatic rings. The van der Waals surface area contributed by atoms with Crippen molar-refractivity contribution in [3.05, 3.63) is 108 Å². The molecular weight excluding hydrogens is 509 g/mol. The molecule has 0 fully saturated rings. The van der Waals surface area contributed by atoms with E-state index in [2.05, 4.69) is 111 Å². The van der Waals surface area contributed by atoms with Gasteiger partial charge in [0.25, 0.3) is 0 Å². The molecule has 10 rings (SSSR count). The van der Waals surface area contributed by atoms with E-state index in [0.29, 0.717) is 0 Å². The number of hydrogen-bond donors (Lipinski definition) is 0. The third-order valence-electron chi connectivity index (χ3n) is 9.40. The van der Waals surface area contributed by atoms with Crippen molar-refractivity contribution in [3.8, 4) is 33.4 Å². The molecule has 0 bridgehead atoms. The standard InChI is InChI=1S/C37H22S2/c1-37(2)26-10-5-8-21-22-9-6-12-30-33(22)36-31(39-30)16-14-23-24(18-27(37)35(32(21)26)34(23)36)19-13-15-29-25(17-19)20-7-3-4-11-28(20)38-29/h3-18H,1-2H3. The third-order valence-corrected chi connectivity index (χ3v) is 11.7. The molecule has 2 aliphatic carbocycles. The number of fused-ring (bicyclic) bond motifs is 4. The molecule has 0 N–H and O–H groups in total. The van der Waals surface area contributed by atoms with E-state index in [4.69, 9.17) is 0 Å². The molecule has 0 amide bonds. The van der Waals surface area contributed by atoms with Crippen LogP contribution in [0.3, 0.4) is 0 Å². The maximum Gasteiger partial charge on any atom is 0.0362 e. The van der Waals surface area contributed by atoms with Crippen LogP contribution in [0.15, 0.2) is 97.1 Å². The maximum absolute atomic E-state index is 2.53. The van der Waals surface area contributed by atoms with Gasteiger partial charge in [0.1, 0.15) is 0 Å². The summed E-state index contributed by atoms with van der Waals surface area (Å²) in [6.07, 6.45) is 0. The Kier molecular flexibility index (Phi) is 3.63. The monoisotopic (exact) mass is 530 g/mol. The highest BCUT2D eigenvalue weighted by Gasteiger charge is 2.40. The van der Waals surface area contributed by atoms with Crippen LogP contribution in [0, 0.1) is 0 Å². The Morgan fingerprint density at radius 1 is 0.462 bits per heavy atom. The van der Waals surface area contributed by atoms with Crippen LogP contribution in [0.1, 0.15) is 25.0 Å². The van der Waals surface area contributed by atoms with Crippen molar-refractivity contribution in [1.82, 2.24) is 0 Å². The van der Waals surface area contributed by atoms with Gasteiger partial charge in [-0.3, -0.25) is 0 Å². The van der Waals surface area contributed by atoms with E-state index in [1.54, 1.807) is 0 Å². The van der Waals surface area contributed by atoms with Crippen LogP contribution in [-0.2, 0) is 5.41 Å². The number of rotatable bonds is 1. The normalized spacial score (nSPS) is 14.6. The van der Waals surface area contributed by atoms with E-state index in [0.717, 1.165) is 0 Å². The second-order valence-corrected chi connectivity index (χ2v) is 13.8. The highest BCUT2D eigenvalue weighted by Crippen LogP contribution is 2.60. The van der Waals surface area contributed by atoms with E-state index in [-0.39, 0.29) is 5.41 Å². The molecule has 0 atom stereocenters. The van der Waals surface area contributed by atoms with E-state index < -0.39 is 0 Å². The lowest BCUT2D eigenvalue weighted by Crippen LogP contribution is -2.15. The minimum absolute atomic E-state index is 0.0631. The first kappa shape index (κ1) is 20.9. The van der Waals surface area contributed by atoms with E-state index in [1.807, 2.05) is 22.7 Å². The summed E-state index contributed by atoms with van der Waals surface area (Å²) in [5.41, 5.74) is 11.2.